The first-order chi connectivity index (χ1) is 25.6. The number of likely N-dealkylation sites (tertiary alicyclic amines) is 1. The normalized spacial score (nSPS) is 21.0. The summed E-state index contributed by atoms with van der Waals surface area (Å²) in [5, 5.41) is 15.4. The van der Waals surface area contributed by atoms with Gasteiger partial charge < -0.3 is 44.7 Å². The van der Waals surface area contributed by atoms with Crippen LogP contribution in [0.25, 0.3) is 0 Å². The molecule has 5 rings (SSSR count). The fraction of sp³-hybridized carbons (Fsp3) is 0.558. The Morgan fingerprint density at radius 1 is 1.02 bits per heavy atom. The third-order valence-corrected chi connectivity index (χ3v) is 10.9. The van der Waals surface area contributed by atoms with Crippen LogP contribution in [0.2, 0.25) is 0 Å². The summed E-state index contributed by atoms with van der Waals surface area (Å²) in [7, 11) is 3.37. The van der Waals surface area contributed by atoms with Gasteiger partial charge >= 0.3 is 0 Å². The maximum absolute atomic E-state index is 13.7. The van der Waals surface area contributed by atoms with Crippen LogP contribution in [0.4, 0.5) is 5.69 Å². The molecule has 10 nitrogen and oxygen atoms in total. The molecule has 4 N–H and O–H groups in total. The van der Waals surface area contributed by atoms with Gasteiger partial charge in [0.2, 0.25) is 5.91 Å². The number of aliphatic hydroxyl groups is 1. The first-order valence-corrected chi connectivity index (χ1v) is 19.2. The van der Waals surface area contributed by atoms with E-state index >= 15 is 0 Å². The van der Waals surface area contributed by atoms with Crippen molar-refractivity contribution in [3.05, 3.63) is 89.0 Å². The molecule has 3 aromatic rings. The minimum absolute atomic E-state index is 0.0215. The van der Waals surface area contributed by atoms with Crippen molar-refractivity contribution in [3.63, 3.8) is 0 Å². The molecule has 0 saturated carbocycles. The number of hydrogen-bond acceptors (Lipinski definition) is 9. The van der Waals surface area contributed by atoms with Gasteiger partial charge in [-0.1, -0.05) is 76.6 Å². The van der Waals surface area contributed by atoms with Crippen LogP contribution >= 0.6 is 0 Å². The van der Waals surface area contributed by atoms with Gasteiger partial charge in [-0.3, -0.25) is 4.79 Å². The van der Waals surface area contributed by atoms with Crippen LogP contribution in [0.15, 0.2) is 66.7 Å². The van der Waals surface area contributed by atoms with Gasteiger partial charge in [0.15, 0.2) is 0 Å². The maximum atomic E-state index is 13.7. The number of nitrogens with two attached hydrogens (primary N) is 1. The number of fused-ring (bicyclic) bond motifs is 1. The summed E-state index contributed by atoms with van der Waals surface area (Å²) in [6, 6.07) is 21.7. The highest BCUT2D eigenvalue weighted by molar-refractivity contribution is 5.82. The second-order valence-electron chi connectivity index (χ2n) is 15.2. The third kappa shape index (κ3) is 10.3. The number of nitrogens with zero attached hydrogens (tertiary/aromatic N) is 1. The first-order valence-electron chi connectivity index (χ1n) is 19.2. The molecule has 0 bridgehead atoms. The van der Waals surface area contributed by atoms with Crippen molar-refractivity contribution in [2.45, 2.75) is 95.7 Å². The van der Waals surface area contributed by atoms with E-state index in [0.717, 1.165) is 66.1 Å². The second kappa shape index (κ2) is 19.1. The number of carbonyl (C=O) groups excluding carboxylic acids is 1. The number of aliphatic hydroxyl groups excluding tert-OH is 1. The second-order valence-corrected chi connectivity index (χ2v) is 15.2. The van der Waals surface area contributed by atoms with Crippen molar-refractivity contribution < 1.29 is 33.6 Å². The van der Waals surface area contributed by atoms with Crippen molar-refractivity contribution in [2.24, 2.45) is 11.7 Å². The first kappa shape index (κ1) is 40.5. The number of benzene rings is 3. The summed E-state index contributed by atoms with van der Waals surface area (Å²) in [6.45, 7) is 12.1. The van der Waals surface area contributed by atoms with Crippen LogP contribution in [0.5, 0.6) is 11.5 Å². The number of para-hydroxylation sites is 1. The van der Waals surface area contributed by atoms with Gasteiger partial charge in [-0.2, -0.15) is 0 Å². The zero-order valence-corrected chi connectivity index (χ0v) is 32.5. The quantitative estimate of drug-likeness (QED) is 0.117. The fourth-order valence-corrected chi connectivity index (χ4v) is 7.43. The summed E-state index contributed by atoms with van der Waals surface area (Å²) >= 11 is 0. The van der Waals surface area contributed by atoms with E-state index in [1.165, 1.54) is 5.56 Å². The van der Waals surface area contributed by atoms with Crippen molar-refractivity contribution in [3.8, 4) is 11.5 Å². The van der Waals surface area contributed by atoms with E-state index in [9.17, 15) is 9.90 Å². The molecule has 3 aromatic carbocycles. The van der Waals surface area contributed by atoms with E-state index in [2.05, 4.69) is 37.4 Å². The number of hydrogen-bond donors (Lipinski definition) is 3. The summed E-state index contributed by atoms with van der Waals surface area (Å²) in [5.74, 6) is 1.06. The molecule has 0 radical (unpaired) electrons. The van der Waals surface area contributed by atoms with Crippen LogP contribution in [0.1, 0.15) is 87.7 Å². The lowest BCUT2D eigenvalue weighted by Crippen LogP contribution is -2.58. The minimum atomic E-state index is -0.851. The predicted octanol–water partition coefficient (Wildman–Crippen LogP) is 6.60. The molecule has 0 aliphatic carbocycles. The van der Waals surface area contributed by atoms with E-state index in [4.69, 9.17) is 29.4 Å². The zero-order chi connectivity index (χ0) is 38.0. The van der Waals surface area contributed by atoms with Crippen molar-refractivity contribution in [2.75, 3.05) is 59.0 Å². The summed E-state index contributed by atoms with van der Waals surface area (Å²) in [4.78, 5) is 15.4. The largest absolute Gasteiger partial charge is 0.496 e. The Labute approximate surface area is 316 Å². The molecular weight excluding hydrogens is 670 g/mol. The maximum Gasteiger partial charge on any atom is 0.239 e. The number of anilines is 1. The predicted molar refractivity (Wildman–Crippen MR) is 209 cm³/mol. The Kier molecular flexibility index (Phi) is 14.6. The van der Waals surface area contributed by atoms with Crippen molar-refractivity contribution in [1.29, 1.82) is 0 Å². The molecule has 1 saturated heterocycles. The molecule has 2 aliphatic heterocycles. The molecule has 53 heavy (non-hydrogen) atoms. The van der Waals surface area contributed by atoms with Gasteiger partial charge in [-0.25, -0.2) is 0 Å². The van der Waals surface area contributed by atoms with Crippen LogP contribution in [-0.4, -0.2) is 87.8 Å². The Morgan fingerprint density at radius 2 is 1.79 bits per heavy atom. The molecule has 0 spiro atoms. The van der Waals surface area contributed by atoms with Crippen LogP contribution in [0.3, 0.4) is 0 Å². The number of methoxy groups -OCH3 is 2. The van der Waals surface area contributed by atoms with Gasteiger partial charge in [-0.05, 0) is 59.7 Å². The number of ether oxygens (including phenoxy) is 5. The topological polar surface area (TPSA) is 125 Å². The zero-order valence-electron chi connectivity index (χ0n) is 32.5. The molecule has 2 aliphatic rings. The average molecular weight is 732 g/mol. The number of carbonyl (C=O) groups is 1. The standard InChI is InChI=1S/C43H61N3O7/c1-7-29(2)41(44)42(48)46-25-36(47)40(30-15-18-33(19-16-30)52-23-11-22-51-27-32-12-8-9-13-37(32)50-6)39(26-46)53-38(14-10-21-49-5)31-17-20-34-35(24-31)45-28-43(34,3)4/h8-9,12-13,15-20,24,29,36,38-41,45,47H,7,10-11,14,21-23,25-28,44H2,1-6H3/t29-,36+,38?,39-,40-,41-/m0/s1. The lowest BCUT2D eigenvalue weighted by atomic mass is 9.83. The summed E-state index contributed by atoms with van der Waals surface area (Å²) < 4.78 is 29.8. The number of piperidine rings is 1. The van der Waals surface area contributed by atoms with E-state index in [1.54, 1.807) is 19.1 Å². The average Bonchev–Trinajstić information content (AvgIpc) is 3.48. The highest BCUT2D eigenvalue weighted by atomic mass is 16.5. The molecule has 10 heteroatoms. The SMILES string of the molecule is CC[C@H](C)[C@H](N)C(=O)N1C[C@@H](O)[C@H](c2ccc(OCCCOCc3ccccc3OC)cc2)[C@@H](OC(CCCOC)c2ccc3c(c2)NCC3(C)C)C1. The minimum Gasteiger partial charge on any atom is -0.496 e. The van der Waals surface area contributed by atoms with Crippen LogP contribution in [-0.2, 0) is 31.0 Å². The van der Waals surface area contributed by atoms with E-state index < -0.39 is 18.2 Å². The third-order valence-electron chi connectivity index (χ3n) is 10.9. The monoisotopic (exact) mass is 731 g/mol. The van der Waals surface area contributed by atoms with Gasteiger partial charge in [0.05, 0.1) is 51.3 Å². The number of rotatable bonds is 19. The van der Waals surface area contributed by atoms with E-state index in [0.29, 0.717) is 33.0 Å². The number of amides is 1. The number of nitrogens with one attached hydrogen (secondary N) is 1. The van der Waals surface area contributed by atoms with Crippen molar-refractivity contribution >= 4 is 11.6 Å². The molecule has 1 unspecified atom stereocenters. The lowest BCUT2D eigenvalue weighted by Gasteiger charge is -2.44. The number of β-amino-alcohol motifs (C(OH)–C–C–N with tert-alkyl or cyclic N) is 1. The Balaban J connectivity index is 1.30. The fourth-order valence-electron chi connectivity index (χ4n) is 7.43. The molecule has 2 heterocycles. The Hall–Kier alpha value is -3.67. The molecule has 1 amide bonds. The van der Waals surface area contributed by atoms with Crippen molar-refractivity contribution in [1.82, 2.24) is 4.90 Å². The molecule has 6 atom stereocenters. The van der Waals surface area contributed by atoms with Gasteiger partial charge in [-0.15, -0.1) is 0 Å². The van der Waals surface area contributed by atoms with Gasteiger partial charge in [0, 0.05) is 62.4 Å². The Morgan fingerprint density at radius 3 is 2.53 bits per heavy atom. The molecule has 1 fully saturated rings. The highest BCUT2D eigenvalue weighted by Gasteiger charge is 2.42. The molecule has 0 aromatic heterocycles. The smallest absolute Gasteiger partial charge is 0.239 e. The lowest BCUT2D eigenvalue weighted by molar-refractivity contribution is -0.148. The Bertz CT molecular complexity index is 1600. The van der Waals surface area contributed by atoms with Gasteiger partial charge in [0.1, 0.15) is 11.5 Å². The summed E-state index contributed by atoms with van der Waals surface area (Å²) in [5.41, 5.74) is 11.9. The van der Waals surface area contributed by atoms with E-state index in [1.807, 2.05) is 62.4 Å². The highest BCUT2D eigenvalue weighted by Crippen LogP contribution is 2.41. The summed E-state index contributed by atoms with van der Waals surface area (Å²) in [6.07, 6.45) is 1.45. The van der Waals surface area contributed by atoms with Crippen LogP contribution in [0, 0.1) is 5.92 Å². The molecular formula is C43H61N3O7. The van der Waals surface area contributed by atoms with Crippen LogP contribution < -0.4 is 20.5 Å². The van der Waals surface area contributed by atoms with E-state index in [-0.39, 0.29) is 35.8 Å². The molecule has 290 valence electrons. The van der Waals surface area contributed by atoms with Gasteiger partial charge in [0.25, 0.3) is 0 Å².